The van der Waals surface area contributed by atoms with E-state index in [0.717, 1.165) is 89.9 Å². The van der Waals surface area contributed by atoms with Crippen LogP contribution >= 0.6 is 0 Å². The lowest BCUT2D eigenvalue weighted by molar-refractivity contribution is -0.379. The van der Waals surface area contributed by atoms with Crippen LogP contribution in [0.25, 0.3) is 0 Å². The summed E-state index contributed by atoms with van der Waals surface area (Å²) in [4.78, 5) is 13.2. The molecule has 3 heterocycles. The zero-order chi connectivity index (χ0) is 53.4. The van der Waals surface area contributed by atoms with Gasteiger partial charge in [-0.15, -0.1) is 0 Å². The minimum absolute atomic E-state index is 0.250. The van der Waals surface area contributed by atoms with Gasteiger partial charge >= 0.3 is 0 Å². The van der Waals surface area contributed by atoms with E-state index in [1.165, 1.54) is 44.9 Å². The lowest BCUT2D eigenvalue weighted by Gasteiger charge is -2.48. The average Bonchev–Trinajstić information content (AvgIpc) is 3.39. The van der Waals surface area contributed by atoms with E-state index >= 15 is 0 Å². The van der Waals surface area contributed by atoms with Gasteiger partial charge in [0, 0.05) is 6.42 Å². The van der Waals surface area contributed by atoms with Crippen molar-refractivity contribution in [3.63, 3.8) is 0 Å². The lowest BCUT2D eigenvalue weighted by atomic mass is 9.96. The number of rotatable bonds is 39. The molecule has 73 heavy (non-hydrogen) atoms. The standard InChI is InChI=1S/C54H97NO18/c1-3-5-7-9-11-12-13-14-15-16-17-18-19-20-21-22-23-24-26-28-30-32-42(60)55-37(38(59)31-29-27-25-10-8-6-4-2)36-68-52-48(66)45(63)50(40(34-57)70-52)73-54-49(67)46(64)51(41(35-58)71-54)72-53-47(65)44(62)43(61)39(33-56)69-53/h13-14,16-17,19-20,37-41,43-54,56-59,61-67H,3-12,15,18,21-36H2,1-2H3,(H,55,60)/b14-13-,17-16-,20-19-. The first-order valence-corrected chi connectivity index (χ1v) is 27.7. The summed E-state index contributed by atoms with van der Waals surface area (Å²) in [6.45, 7) is 1.68. The second-order valence-electron chi connectivity index (χ2n) is 20.0. The van der Waals surface area contributed by atoms with E-state index < -0.39 is 124 Å². The highest BCUT2D eigenvalue weighted by Crippen LogP contribution is 2.33. The minimum Gasteiger partial charge on any atom is -0.394 e. The highest BCUT2D eigenvalue weighted by atomic mass is 16.8. The summed E-state index contributed by atoms with van der Waals surface area (Å²) < 4.78 is 34.1. The molecule has 3 aliphatic rings. The summed E-state index contributed by atoms with van der Waals surface area (Å²) in [5, 5.41) is 120. The Bertz CT molecular complexity index is 1490. The molecule has 3 aliphatic heterocycles. The minimum atomic E-state index is -1.97. The Morgan fingerprint density at radius 2 is 0.904 bits per heavy atom. The zero-order valence-corrected chi connectivity index (χ0v) is 43.9. The first kappa shape index (κ1) is 65.3. The first-order valence-electron chi connectivity index (χ1n) is 27.7. The van der Waals surface area contributed by atoms with Crippen LogP contribution in [0.5, 0.6) is 0 Å². The molecule has 0 aromatic heterocycles. The zero-order valence-electron chi connectivity index (χ0n) is 43.9. The van der Waals surface area contributed by atoms with Crippen LogP contribution in [0.3, 0.4) is 0 Å². The predicted octanol–water partition coefficient (Wildman–Crippen LogP) is 3.37. The Hall–Kier alpha value is -1.99. The molecule has 1 amide bonds. The van der Waals surface area contributed by atoms with Crippen molar-refractivity contribution in [3.8, 4) is 0 Å². The third-order valence-corrected chi connectivity index (χ3v) is 14.0. The van der Waals surface area contributed by atoms with Crippen molar-refractivity contribution < 1.29 is 89.4 Å². The molecule has 0 saturated carbocycles. The summed E-state index contributed by atoms with van der Waals surface area (Å²) in [6.07, 6.45) is 11.3. The van der Waals surface area contributed by atoms with E-state index in [0.29, 0.717) is 12.8 Å². The summed E-state index contributed by atoms with van der Waals surface area (Å²) in [5.41, 5.74) is 0. The van der Waals surface area contributed by atoms with Gasteiger partial charge in [0.1, 0.15) is 73.2 Å². The van der Waals surface area contributed by atoms with E-state index in [4.69, 9.17) is 28.4 Å². The fourth-order valence-corrected chi connectivity index (χ4v) is 9.32. The Labute approximate surface area is 434 Å². The molecule has 0 aliphatic carbocycles. The number of amides is 1. The SMILES string of the molecule is CCCCCCC/C=C\C/C=C\C/C=C\CCCCCCCCC(=O)NC(COC1OC(CO)C(OC2OC(CO)C(OC3OC(CO)C(O)C(O)C3O)C(O)C2O)C(O)C1O)C(O)CCCCCCCCC. The van der Waals surface area contributed by atoms with Crippen LogP contribution in [0.15, 0.2) is 36.5 Å². The molecule has 19 nitrogen and oxygen atoms in total. The van der Waals surface area contributed by atoms with Crippen LogP contribution < -0.4 is 5.32 Å². The van der Waals surface area contributed by atoms with E-state index in [1.54, 1.807) is 0 Å². The average molecular weight is 1050 g/mol. The number of ether oxygens (including phenoxy) is 6. The van der Waals surface area contributed by atoms with Crippen LogP contribution in [0.2, 0.25) is 0 Å². The van der Waals surface area contributed by atoms with Crippen molar-refractivity contribution in [3.05, 3.63) is 36.5 Å². The Balaban J connectivity index is 1.47. The molecule has 3 saturated heterocycles. The molecular weight excluding hydrogens is 951 g/mol. The number of aliphatic hydroxyl groups is 11. The Morgan fingerprint density at radius 3 is 1.41 bits per heavy atom. The van der Waals surface area contributed by atoms with Crippen molar-refractivity contribution in [1.29, 1.82) is 0 Å². The second-order valence-corrected chi connectivity index (χ2v) is 20.0. The maximum Gasteiger partial charge on any atom is 0.220 e. The monoisotopic (exact) mass is 1050 g/mol. The Kier molecular flexibility index (Phi) is 34.5. The smallest absolute Gasteiger partial charge is 0.220 e. The highest BCUT2D eigenvalue weighted by Gasteiger charge is 2.53. The van der Waals surface area contributed by atoms with Gasteiger partial charge in [-0.1, -0.05) is 147 Å². The second kappa shape index (κ2) is 38.5. The number of carbonyl (C=O) groups is 1. The molecule has 0 spiro atoms. The maximum absolute atomic E-state index is 13.2. The summed E-state index contributed by atoms with van der Waals surface area (Å²) >= 11 is 0. The van der Waals surface area contributed by atoms with Gasteiger partial charge in [-0.3, -0.25) is 4.79 Å². The predicted molar refractivity (Wildman–Crippen MR) is 272 cm³/mol. The molecule has 0 radical (unpaired) electrons. The van der Waals surface area contributed by atoms with E-state index in [-0.39, 0.29) is 18.9 Å². The van der Waals surface area contributed by atoms with Crippen LogP contribution in [0.4, 0.5) is 0 Å². The molecule has 3 fully saturated rings. The van der Waals surface area contributed by atoms with Gasteiger partial charge in [0.25, 0.3) is 0 Å². The summed E-state index contributed by atoms with van der Waals surface area (Å²) in [7, 11) is 0. The number of allylic oxidation sites excluding steroid dienone is 6. The van der Waals surface area contributed by atoms with Crippen molar-refractivity contribution in [2.75, 3.05) is 26.4 Å². The fourth-order valence-electron chi connectivity index (χ4n) is 9.32. The van der Waals surface area contributed by atoms with Crippen LogP contribution in [0, 0.1) is 0 Å². The first-order chi connectivity index (χ1) is 35.3. The van der Waals surface area contributed by atoms with Gasteiger partial charge in [0.05, 0.1) is 38.6 Å². The van der Waals surface area contributed by atoms with E-state index in [2.05, 4.69) is 55.6 Å². The number of aliphatic hydroxyl groups excluding tert-OH is 11. The van der Waals surface area contributed by atoms with Gasteiger partial charge in [0.15, 0.2) is 18.9 Å². The van der Waals surface area contributed by atoms with Gasteiger partial charge in [0.2, 0.25) is 5.91 Å². The molecule has 0 bridgehead atoms. The van der Waals surface area contributed by atoms with E-state index in [1.807, 2.05) is 0 Å². The number of hydrogen-bond acceptors (Lipinski definition) is 18. The van der Waals surface area contributed by atoms with Gasteiger partial charge < -0.3 is 89.9 Å². The normalized spacial score (nSPS) is 32.0. The number of hydrogen-bond donors (Lipinski definition) is 12. The highest BCUT2D eigenvalue weighted by molar-refractivity contribution is 5.76. The molecule has 426 valence electrons. The molecule has 17 unspecified atom stereocenters. The van der Waals surface area contributed by atoms with Crippen molar-refractivity contribution >= 4 is 5.91 Å². The third-order valence-electron chi connectivity index (χ3n) is 14.0. The summed E-state index contributed by atoms with van der Waals surface area (Å²) in [5.74, 6) is -0.262. The van der Waals surface area contributed by atoms with Crippen molar-refractivity contribution in [2.24, 2.45) is 0 Å². The van der Waals surface area contributed by atoms with Crippen LogP contribution in [-0.2, 0) is 33.2 Å². The van der Waals surface area contributed by atoms with Crippen molar-refractivity contribution in [1.82, 2.24) is 5.32 Å². The summed E-state index contributed by atoms with van der Waals surface area (Å²) in [6, 6.07) is -0.891. The van der Waals surface area contributed by atoms with Gasteiger partial charge in [-0.2, -0.15) is 0 Å². The van der Waals surface area contributed by atoms with Crippen LogP contribution in [0.1, 0.15) is 168 Å². The van der Waals surface area contributed by atoms with E-state index in [9.17, 15) is 61.0 Å². The molecule has 3 rings (SSSR count). The van der Waals surface area contributed by atoms with Gasteiger partial charge in [-0.25, -0.2) is 0 Å². The van der Waals surface area contributed by atoms with Crippen LogP contribution in [-0.4, -0.2) is 193 Å². The third kappa shape index (κ3) is 23.7. The quantitative estimate of drug-likeness (QED) is 0.0310. The number of unbranched alkanes of at least 4 members (excludes halogenated alkanes) is 17. The van der Waals surface area contributed by atoms with Crippen molar-refractivity contribution in [2.45, 2.75) is 272 Å². The van der Waals surface area contributed by atoms with Gasteiger partial charge in [-0.05, 0) is 51.4 Å². The molecular formula is C54H97NO18. The largest absolute Gasteiger partial charge is 0.394 e. The molecule has 19 heteroatoms. The molecule has 0 aromatic rings. The lowest BCUT2D eigenvalue weighted by Crippen LogP contribution is -2.66. The Morgan fingerprint density at radius 1 is 0.493 bits per heavy atom. The topological polar surface area (TPSA) is 307 Å². The maximum atomic E-state index is 13.2. The molecule has 17 atom stereocenters. The molecule has 0 aromatic carbocycles. The fraction of sp³-hybridized carbons (Fsp3) is 0.870. The number of carbonyl (C=O) groups excluding carboxylic acids is 1. The number of nitrogens with one attached hydrogen (secondary N) is 1. The molecule has 12 N–H and O–H groups in total.